The van der Waals surface area contributed by atoms with Crippen LogP contribution in [0.5, 0.6) is 0 Å². The summed E-state index contributed by atoms with van der Waals surface area (Å²) in [6.45, 7) is 4.02. The first-order chi connectivity index (χ1) is 5.75. The van der Waals surface area contributed by atoms with E-state index in [-0.39, 0.29) is 12.0 Å². The summed E-state index contributed by atoms with van der Waals surface area (Å²) in [5.41, 5.74) is 1.01. The SMILES string of the molecule is CC(C)C(OO)c1ccccc1. The number of rotatable bonds is 3. The van der Waals surface area contributed by atoms with Crippen molar-refractivity contribution in [2.24, 2.45) is 5.92 Å². The van der Waals surface area contributed by atoms with Gasteiger partial charge in [0.1, 0.15) is 6.10 Å². The van der Waals surface area contributed by atoms with Crippen LogP contribution in [0.4, 0.5) is 0 Å². The van der Waals surface area contributed by atoms with Crippen LogP contribution in [0.1, 0.15) is 25.5 Å². The molecular weight excluding hydrogens is 152 g/mol. The summed E-state index contributed by atoms with van der Waals surface area (Å²) in [6.07, 6.45) is -0.216. The molecule has 2 heteroatoms. The lowest BCUT2D eigenvalue weighted by Crippen LogP contribution is -2.08. The van der Waals surface area contributed by atoms with E-state index in [9.17, 15) is 0 Å². The Morgan fingerprint density at radius 3 is 2.17 bits per heavy atom. The average molecular weight is 166 g/mol. The van der Waals surface area contributed by atoms with Gasteiger partial charge in [0.2, 0.25) is 0 Å². The zero-order valence-corrected chi connectivity index (χ0v) is 7.40. The highest BCUT2D eigenvalue weighted by Crippen LogP contribution is 2.23. The van der Waals surface area contributed by atoms with Crippen LogP contribution in [0.3, 0.4) is 0 Å². The summed E-state index contributed by atoms with van der Waals surface area (Å²) in [7, 11) is 0. The Labute approximate surface area is 72.7 Å². The van der Waals surface area contributed by atoms with Gasteiger partial charge in [0.15, 0.2) is 0 Å². The molecular formula is C10H14O2. The molecule has 1 rings (SSSR count). The first-order valence-corrected chi connectivity index (χ1v) is 4.11. The number of hydrogen-bond donors (Lipinski definition) is 1. The molecule has 1 aromatic rings. The molecule has 0 aliphatic heterocycles. The fourth-order valence-corrected chi connectivity index (χ4v) is 1.21. The quantitative estimate of drug-likeness (QED) is 0.552. The molecule has 12 heavy (non-hydrogen) atoms. The summed E-state index contributed by atoms with van der Waals surface area (Å²) in [5, 5.41) is 8.65. The molecule has 1 atom stereocenters. The highest BCUT2D eigenvalue weighted by Gasteiger charge is 2.15. The fraction of sp³-hybridized carbons (Fsp3) is 0.400. The van der Waals surface area contributed by atoms with Crippen molar-refractivity contribution in [2.75, 3.05) is 0 Å². The Bertz CT molecular complexity index is 219. The van der Waals surface area contributed by atoms with Gasteiger partial charge in [-0.1, -0.05) is 44.2 Å². The smallest absolute Gasteiger partial charge is 0.120 e. The van der Waals surface area contributed by atoms with Crippen LogP contribution in [0.2, 0.25) is 0 Å². The van der Waals surface area contributed by atoms with E-state index in [0.717, 1.165) is 5.56 Å². The van der Waals surface area contributed by atoms with Gasteiger partial charge in [0, 0.05) is 0 Å². The van der Waals surface area contributed by atoms with E-state index in [0.29, 0.717) is 0 Å². The van der Waals surface area contributed by atoms with E-state index in [1.54, 1.807) is 0 Å². The Balaban J connectivity index is 2.80. The topological polar surface area (TPSA) is 29.5 Å². The second kappa shape index (κ2) is 4.24. The van der Waals surface area contributed by atoms with Gasteiger partial charge in [-0.15, -0.1) is 0 Å². The molecule has 0 bridgehead atoms. The Morgan fingerprint density at radius 2 is 1.75 bits per heavy atom. The minimum Gasteiger partial charge on any atom is -0.251 e. The minimum absolute atomic E-state index is 0.216. The lowest BCUT2D eigenvalue weighted by atomic mass is 9.99. The van der Waals surface area contributed by atoms with Crippen LogP contribution in [-0.4, -0.2) is 5.26 Å². The van der Waals surface area contributed by atoms with Crippen molar-refractivity contribution in [2.45, 2.75) is 20.0 Å². The van der Waals surface area contributed by atoms with E-state index in [2.05, 4.69) is 4.89 Å². The van der Waals surface area contributed by atoms with Crippen LogP contribution in [-0.2, 0) is 4.89 Å². The maximum atomic E-state index is 8.65. The summed E-state index contributed by atoms with van der Waals surface area (Å²) in [5.74, 6) is 0.275. The highest BCUT2D eigenvalue weighted by atomic mass is 17.1. The highest BCUT2D eigenvalue weighted by molar-refractivity contribution is 5.17. The van der Waals surface area contributed by atoms with E-state index >= 15 is 0 Å². The monoisotopic (exact) mass is 166 g/mol. The van der Waals surface area contributed by atoms with E-state index < -0.39 is 0 Å². The molecule has 0 aliphatic rings. The molecule has 0 aliphatic carbocycles. The third kappa shape index (κ3) is 2.06. The van der Waals surface area contributed by atoms with Gasteiger partial charge in [0.05, 0.1) is 0 Å². The Kier molecular flexibility index (Phi) is 3.26. The van der Waals surface area contributed by atoms with Crippen molar-refractivity contribution in [3.8, 4) is 0 Å². The predicted molar refractivity (Wildman–Crippen MR) is 47.7 cm³/mol. The van der Waals surface area contributed by atoms with Crippen molar-refractivity contribution in [3.05, 3.63) is 35.9 Å². The Morgan fingerprint density at radius 1 is 1.17 bits per heavy atom. The summed E-state index contributed by atoms with van der Waals surface area (Å²) >= 11 is 0. The van der Waals surface area contributed by atoms with E-state index in [4.69, 9.17) is 5.26 Å². The van der Waals surface area contributed by atoms with Crippen molar-refractivity contribution >= 4 is 0 Å². The maximum Gasteiger partial charge on any atom is 0.120 e. The van der Waals surface area contributed by atoms with Crippen molar-refractivity contribution < 1.29 is 10.1 Å². The summed E-state index contributed by atoms with van der Waals surface area (Å²) in [6, 6.07) is 9.70. The molecule has 0 saturated carbocycles. The van der Waals surface area contributed by atoms with Crippen LogP contribution in [0.25, 0.3) is 0 Å². The zero-order valence-electron chi connectivity index (χ0n) is 7.40. The van der Waals surface area contributed by atoms with Gasteiger partial charge in [-0.3, -0.25) is 5.26 Å². The zero-order chi connectivity index (χ0) is 8.97. The van der Waals surface area contributed by atoms with Crippen molar-refractivity contribution in [3.63, 3.8) is 0 Å². The molecule has 0 spiro atoms. The van der Waals surface area contributed by atoms with E-state index in [1.807, 2.05) is 44.2 Å². The molecule has 1 N–H and O–H groups in total. The Hall–Kier alpha value is -0.860. The molecule has 0 amide bonds. The number of hydrogen-bond acceptors (Lipinski definition) is 2. The van der Waals surface area contributed by atoms with Crippen molar-refractivity contribution in [1.82, 2.24) is 0 Å². The van der Waals surface area contributed by atoms with Gasteiger partial charge in [-0.2, -0.15) is 0 Å². The second-order valence-electron chi connectivity index (χ2n) is 3.18. The summed E-state index contributed by atoms with van der Waals surface area (Å²) < 4.78 is 0. The standard InChI is InChI=1S/C10H14O2/c1-8(2)10(12-11)9-6-4-3-5-7-9/h3-8,10-11H,1-2H3. The molecule has 0 fully saturated rings. The molecule has 2 nitrogen and oxygen atoms in total. The fourth-order valence-electron chi connectivity index (χ4n) is 1.21. The van der Waals surface area contributed by atoms with Gasteiger partial charge < -0.3 is 0 Å². The average Bonchev–Trinajstić information content (AvgIpc) is 2.07. The first kappa shape index (κ1) is 9.23. The van der Waals surface area contributed by atoms with Gasteiger partial charge in [-0.05, 0) is 11.5 Å². The van der Waals surface area contributed by atoms with Gasteiger partial charge in [-0.25, -0.2) is 4.89 Å². The van der Waals surface area contributed by atoms with E-state index in [1.165, 1.54) is 0 Å². The third-order valence-electron chi connectivity index (χ3n) is 1.85. The van der Waals surface area contributed by atoms with Crippen LogP contribution in [0, 0.1) is 5.92 Å². The maximum absolute atomic E-state index is 8.65. The lowest BCUT2D eigenvalue weighted by Gasteiger charge is -2.16. The molecule has 0 heterocycles. The molecule has 0 saturated heterocycles. The minimum atomic E-state index is -0.216. The van der Waals surface area contributed by atoms with Crippen LogP contribution >= 0.6 is 0 Å². The van der Waals surface area contributed by atoms with Gasteiger partial charge >= 0.3 is 0 Å². The molecule has 66 valence electrons. The number of benzene rings is 1. The third-order valence-corrected chi connectivity index (χ3v) is 1.85. The first-order valence-electron chi connectivity index (χ1n) is 4.11. The molecule has 0 aromatic heterocycles. The molecule has 0 radical (unpaired) electrons. The van der Waals surface area contributed by atoms with Crippen LogP contribution in [0.15, 0.2) is 30.3 Å². The molecule has 1 aromatic carbocycles. The normalized spacial score (nSPS) is 13.3. The second-order valence-corrected chi connectivity index (χ2v) is 3.18. The molecule has 1 unspecified atom stereocenters. The lowest BCUT2D eigenvalue weighted by molar-refractivity contribution is -0.291. The van der Waals surface area contributed by atoms with Crippen LogP contribution < -0.4 is 0 Å². The largest absolute Gasteiger partial charge is 0.251 e. The summed E-state index contributed by atoms with van der Waals surface area (Å²) in [4.78, 5) is 4.40. The van der Waals surface area contributed by atoms with Crippen molar-refractivity contribution in [1.29, 1.82) is 0 Å². The predicted octanol–water partition coefficient (Wildman–Crippen LogP) is 2.87. The van der Waals surface area contributed by atoms with Gasteiger partial charge in [0.25, 0.3) is 0 Å².